The maximum absolute atomic E-state index is 13.5. The van der Waals surface area contributed by atoms with E-state index in [9.17, 15) is 14.3 Å². The summed E-state index contributed by atoms with van der Waals surface area (Å²) >= 11 is 5.72. The summed E-state index contributed by atoms with van der Waals surface area (Å²) in [6.07, 6.45) is 0. The molecule has 0 amide bonds. The predicted molar refractivity (Wildman–Crippen MR) is 72.5 cm³/mol. The molecule has 0 atom stereocenters. The van der Waals surface area contributed by atoms with E-state index in [0.29, 0.717) is 22.2 Å². The zero-order chi connectivity index (χ0) is 14.3. The van der Waals surface area contributed by atoms with Crippen LogP contribution in [0.15, 0.2) is 12.1 Å². The second kappa shape index (κ2) is 4.78. The molecule has 0 radical (unpaired) electrons. The molecule has 2 aromatic rings. The fraction of sp³-hybridized carbons (Fsp3) is 0.286. The number of fused-ring (bicyclic) bond motifs is 1. The van der Waals surface area contributed by atoms with Crippen LogP contribution in [0.3, 0.4) is 0 Å². The van der Waals surface area contributed by atoms with Gasteiger partial charge in [0.05, 0.1) is 16.1 Å². The van der Waals surface area contributed by atoms with Crippen molar-refractivity contribution in [3.05, 3.63) is 39.8 Å². The Bertz CT molecular complexity index is 683. The monoisotopic (exact) mass is 281 g/mol. The number of carboxylic acids is 1. The first kappa shape index (κ1) is 13.7. The van der Waals surface area contributed by atoms with Crippen molar-refractivity contribution < 1.29 is 14.3 Å². The average Bonchev–Trinajstić information content (AvgIpc) is 2.29. The van der Waals surface area contributed by atoms with E-state index in [-0.39, 0.29) is 16.5 Å². The molecule has 2 rings (SSSR count). The van der Waals surface area contributed by atoms with Gasteiger partial charge in [-0.05, 0) is 24.5 Å². The van der Waals surface area contributed by atoms with Crippen LogP contribution in [0.2, 0.25) is 5.02 Å². The van der Waals surface area contributed by atoms with Gasteiger partial charge < -0.3 is 5.11 Å². The maximum Gasteiger partial charge on any atom is 0.336 e. The highest BCUT2D eigenvalue weighted by Crippen LogP contribution is 2.30. The van der Waals surface area contributed by atoms with E-state index in [2.05, 4.69) is 4.98 Å². The molecule has 0 fully saturated rings. The van der Waals surface area contributed by atoms with Crippen molar-refractivity contribution in [1.29, 1.82) is 0 Å². The molecule has 0 spiro atoms. The van der Waals surface area contributed by atoms with Crippen molar-refractivity contribution >= 4 is 28.5 Å². The van der Waals surface area contributed by atoms with Gasteiger partial charge in [0, 0.05) is 17.1 Å². The molecule has 0 aliphatic rings. The fourth-order valence-corrected chi connectivity index (χ4v) is 2.37. The normalized spacial score (nSPS) is 11.3. The Labute approximate surface area is 115 Å². The second-order valence-electron chi connectivity index (χ2n) is 4.74. The van der Waals surface area contributed by atoms with Crippen LogP contribution in [-0.4, -0.2) is 16.1 Å². The van der Waals surface area contributed by atoms with Crippen molar-refractivity contribution in [3.63, 3.8) is 0 Å². The minimum Gasteiger partial charge on any atom is -0.478 e. The van der Waals surface area contributed by atoms with Gasteiger partial charge in [-0.25, -0.2) is 9.18 Å². The fourth-order valence-electron chi connectivity index (χ4n) is 2.21. The number of halogens is 2. The van der Waals surface area contributed by atoms with Gasteiger partial charge in [-0.15, -0.1) is 0 Å². The quantitative estimate of drug-likeness (QED) is 0.899. The van der Waals surface area contributed by atoms with Gasteiger partial charge in [-0.2, -0.15) is 0 Å². The lowest BCUT2D eigenvalue weighted by molar-refractivity contribution is 0.0698. The van der Waals surface area contributed by atoms with Gasteiger partial charge >= 0.3 is 5.97 Å². The Morgan fingerprint density at radius 2 is 2.05 bits per heavy atom. The number of aromatic carboxylic acids is 1. The number of carbonyl (C=O) groups is 1. The SMILES string of the molecule is Cc1c(C(C)C)nc2cc(F)c(Cl)cc2c1C(=O)O. The number of carboxylic acid groups (broad SMARTS) is 1. The summed E-state index contributed by atoms with van der Waals surface area (Å²) in [6.45, 7) is 5.54. The maximum atomic E-state index is 13.5. The molecule has 3 nitrogen and oxygen atoms in total. The molecule has 0 aliphatic carbocycles. The molecule has 19 heavy (non-hydrogen) atoms. The van der Waals surface area contributed by atoms with Gasteiger partial charge in [0.1, 0.15) is 5.82 Å². The first-order chi connectivity index (χ1) is 8.82. The summed E-state index contributed by atoms with van der Waals surface area (Å²) in [7, 11) is 0. The zero-order valence-electron chi connectivity index (χ0n) is 10.8. The van der Waals surface area contributed by atoms with Crippen LogP contribution >= 0.6 is 11.6 Å². The van der Waals surface area contributed by atoms with Crippen molar-refractivity contribution in [1.82, 2.24) is 4.98 Å². The summed E-state index contributed by atoms with van der Waals surface area (Å²) in [5, 5.41) is 9.62. The van der Waals surface area contributed by atoms with Gasteiger partial charge in [-0.3, -0.25) is 4.98 Å². The molecule has 0 saturated carbocycles. The van der Waals surface area contributed by atoms with E-state index in [4.69, 9.17) is 11.6 Å². The van der Waals surface area contributed by atoms with E-state index in [1.165, 1.54) is 12.1 Å². The number of benzene rings is 1. The van der Waals surface area contributed by atoms with Crippen molar-refractivity contribution in [2.24, 2.45) is 0 Å². The van der Waals surface area contributed by atoms with Crippen LogP contribution in [0.4, 0.5) is 4.39 Å². The summed E-state index contributed by atoms with van der Waals surface area (Å²) in [6, 6.07) is 2.50. The molecule has 0 bridgehead atoms. The van der Waals surface area contributed by atoms with Gasteiger partial charge in [0.15, 0.2) is 0 Å². The lowest BCUT2D eigenvalue weighted by Gasteiger charge is -2.14. The van der Waals surface area contributed by atoms with E-state index in [1.807, 2.05) is 13.8 Å². The molecule has 1 aromatic heterocycles. The van der Waals surface area contributed by atoms with Gasteiger partial charge in [0.2, 0.25) is 0 Å². The third kappa shape index (κ3) is 2.28. The predicted octanol–water partition coefficient (Wildman–Crippen LogP) is 4.16. The van der Waals surface area contributed by atoms with Crippen molar-refractivity contribution in [2.45, 2.75) is 26.7 Å². The lowest BCUT2D eigenvalue weighted by atomic mass is 9.96. The Morgan fingerprint density at radius 1 is 1.42 bits per heavy atom. The van der Waals surface area contributed by atoms with Crippen LogP contribution in [0.25, 0.3) is 10.9 Å². The highest BCUT2D eigenvalue weighted by Gasteiger charge is 2.20. The third-order valence-electron chi connectivity index (χ3n) is 3.07. The van der Waals surface area contributed by atoms with Crippen LogP contribution in [-0.2, 0) is 0 Å². The summed E-state index contributed by atoms with van der Waals surface area (Å²) in [5.41, 5.74) is 1.70. The molecular formula is C14H13ClFNO2. The highest BCUT2D eigenvalue weighted by molar-refractivity contribution is 6.31. The van der Waals surface area contributed by atoms with Crippen LogP contribution in [0.5, 0.6) is 0 Å². The van der Waals surface area contributed by atoms with Gasteiger partial charge in [-0.1, -0.05) is 25.4 Å². The topological polar surface area (TPSA) is 50.2 Å². The molecule has 1 aromatic carbocycles. The molecular weight excluding hydrogens is 269 g/mol. The third-order valence-corrected chi connectivity index (χ3v) is 3.36. The molecule has 1 heterocycles. The van der Waals surface area contributed by atoms with E-state index in [1.54, 1.807) is 6.92 Å². The van der Waals surface area contributed by atoms with Crippen LogP contribution in [0.1, 0.15) is 41.4 Å². The summed E-state index contributed by atoms with van der Waals surface area (Å²) in [4.78, 5) is 15.8. The largest absolute Gasteiger partial charge is 0.478 e. The Morgan fingerprint density at radius 3 is 2.58 bits per heavy atom. The van der Waals surface area contributed by atoms with E-state index in [0.717, 1.165) is 0 Å². The Hall–Kier alpha value is -1.68. The average molecular weight is 282 g/mol. The number of rotatable bonds is 2. The first-order valence-corrected chi connectivity index (χ1v) is 6.23. The second-order valence-corrected chi connectivity index (χ2v) is 5.15. The van der Waals surface area contributed by atoms with Crippen molar-refractivity contribution in [2.75, 3.05) is 0 Å². The molecule has 100 valence electrons. The minimum atomic E-state index is -1.06. The van der Waals surface area contributed by atoms with Crippen molar-refractivity contribution in [3.8, 4) is 0 Å². The summed E-state index contributed by atoms with van der Waals surface area (Å²) in [5.74, 6) is -1.60. The van der Waals surface area contributed by atoms with E-state index >= 15 is 0 Å². The molecule has 0 aliphatic heterocycles. The standard InChI is InChI=1S/C14H13ClFNO2/c1-6(2)13-7(3)12(14(18)19)8-4-9(15)10(16)5-11(8)17-13/h4-6H,1-3H3,(H,18,19). The summed E-state index contributed by atoms with van der Waals surface area (Å²) < 4.78 is 13.5. The number of hydrogen-bond acceptors (Lipinski definition) is 2. The smallest absolute Gasteiger partial charge is 0.336 e. The number of aromatic nitrogens is 1. The van der Waals surface area contributed by atoms with Gasteiger partial charge in [0.25, 0.3) is 0 Å². The van der Waals surface area contributed by atoms with Crippen LogP contribution in [0, 0.1) is 12.7 Å². The first-order valence-electron chi connectivity index (χ1n) is 5.85. The van der Waals surface area contributed by atoms with Crippen LogP contribution < -0.4 is 0 Å². The van der Waals surface area contributed by atoms with E-state index < -0.39 is 11.8 Å². The molecule has 1 N–H and O–H groups in total. The number of hydrogen-bond donors (Lipinski definition) is 1. The molecule has 0 saturated heterocycles. The zero-order valence-corrected chi connectivity index (χ0v) is 11.5. The number of pyridine rings is 1. The Kier molecular flexibility index (Phi) is 3.45. The molecule has 5 heteroatoms. The minimum absolute atomic E-state index is 0.0567. The molecule has 0 unspecified atom stereocenters. The number of nitrogens with zero attached hydrogens (tertiary/aromatic N) is 1. The Balaban J connectivity index is 2.96. The highest BCUT2D eigenvalue weighted by atomic mass is 35.5. The lowest BCUT2D eigenvalue weighted by Crippen LogP contribution is -2.08.